The molecular weight excluding hydrogens is 845 g/mol. The van der Waals surface area contributed by atoms with Crippen molar-refractivity contribution in [2.45, 2.75) is 102 Å². The normalized spacial score (nSPS) is 13.3. The zero-order valence-corrected chi connectivity index (χ0v) is 38.2. The third-order valence-electron chi connectivity index (χ3n) is 9.86. The van der Waals surface area contributed by atoms with Crippen molar-refractivity contribution in [3.8, 4) is 22.9 Å². The molecule has 2 atom stereocenters. The minimum absolute atomic E-state index is 0.00889. The summed E-state index contributed by atoms with van der Waals surface area (Å²) in [7, 11) is 0.656. The van der Waals surface area contributed by atoms with Gasteiger partial charge in [-0.15, -0.1) is 19.6 Å². The van der Waals surface area contributed by atoms with Crippen molar-refractivity contribution in [2.24, 2.45) is 60.5 Å². The van der Waals surface area contributed by atoms with E-state index in [1.807, 2.05) is 6.92 Å². The Hall–Kier alpha value is -5.26. The Morgan fingerprint density at radius 3 is 1.61 bits per heavy atom. The molecule has 0 amide bonds. The van der Waals surface area contributed by atoms with Crippen molar-refractivity contribution < 1.29 is 28.0 Å². The summed E-state index contributed by atoms with van der Waals surface area (Å²) in [5.74, 6) is -0.435. The summed E-state index contributed by atoms with van der Waals surface area (Å²) in [5, 5.41) is 37.2. The number of azo groups is 2. The molecule has 0 bridgehead atoms. The van der Waals surface area contributed by atoms with Crippen LogP contribution in [0, 0.1) is 11.8 Å². The van der Waals surface area contributed by atoms with E-state index < -0.39 is 61.7 Å². The zero-order valence-electron chi connectivity index (χ0n) is 36.6. The minimum atomic E-state index is -4.32. The molecule has 0 spiro atoms. The topological polar surface area (TPSA) is 255 Å². The van der Waals surface area contributed by atoms with Gasteiger partial charge in [0.2, 0.25) is 33.2 Å². The lowest BCUT2D eigenvalue weighted by molar-refractivity contribution is -0.253. The average molecular weight is 901 g/mol. The SMILES string of the molecule is CC(C)CCCC(C)NOOSc1cc(N=Nc2c(O)n(C)c(=O)n(C)c2=O)ccc1-c1ccc(N=Nc2c(O)n(C)c(=O)n(C)c2=O)cc1S(=O)(=O)NC(C)CCCC(C)C. The molecule has 22 heteroatoms. The number of aromatic hydroxyl groups is 2. The molecule has 4 N–H and O–H groups in total. The highest BCUT2D eigenvalue weighted by atomic mass is 32.2. The van der Waals surface area contributed by atoms with E-state index in [0.29, 0.717) is 23.8 Å². The van der Waals surface area contributed by atoms with Crippen molar-refractivity contribution in [1.29, 1.82) is 0 Å². The summed E-state index contributed by atoms with van der Waals surface area (Å²) >= 11 is 0.730. The van der Waals surface area contributed by atoms with Gasteiger partial charge in [-0.2, -0.15) is 15.7 Å². The maximum atomic E-state index is 14.3. The molecule has 4 aromatic rings. The second-order valence-corrected chi connectivity index (χ2v) is 18.4. The van der Waals surface area contributed by atoms with E-state index in [2.05, 4.69) is 58.4 Å². The smallest absolute Gasteiger partial charge is 0.333 e. The fourth-order valence-corrected chi connectivity index (χ4v) is 8.27. The van der Waals surface area contributed by atoms with Crippen LogP contribution in [0.3, 0.4) is 0 Å². The van der Waals surface area contributed by atoms with Crippen molar-refractivity contribution in [2.75, 3.05) is 0 Å². The molecular formula is C40H56N10O10S2. The van der Waals surface area contributed by atoms with E-state index in [0.717, 1.165) is 62.4 Å². The van der Waals surface area contributed by atoms with Gasteiger partial charge in [-0.1, -0.05) is 65.5 Å². The van der Waals surface area contributed by atoms with Gasteiger partial charge in [0.1, 0.15) is 0 Å². The molecule has 338 valence electrons. The van der Waals surface area contributed by atoms with Crippen LogP contribution in [0.2, 0.25) is 0 Å². The van der Waals surface area contributed by atoms with E-state index in [1.165, 1.54) is 58.5 Å². The summed E-state index contributed by atoms with van der Waals surface area (Å²) in [6.07, 6.45) is 5.06. The molecule has 0 aliphatic rings. The Labute approximate surface area is 363 Å². The van der Waals surface area contributed by atoms with Gasteiger partial charge in [0.15, 0.2) is 0 Å². The lowest BCUT2D eigenvalue weighted by atomic mass is 10.0. The van der Waals surface area contributed by atoms with Crippen LogP contribution in [0.4, 0.5) is 22.7 Å². The maximum absolute atomic E-state index is 14.3. The van der Waals surface area contributed by atoms with E-state index in [4.69, 9.17) is 9.32 Å². The largest absolute Gasteiger partial charge is 0.493 e. The third kappa shape index (κ3) is 12.4. The summed E-state index contributed by atoms with van der Waals surface area (Å²) < 4.78 is 40.1. The molecule has 2 unspecified atom stereocenters. The van der Waals surface area contributed by atoms with Crippen LogP contribution in [0.5, 0.6) is 11.8 Å². The van der Waals surface area contributed by atoms with E-state index in [-0.39, 0.29) is 32.8 Å². The molecule has 2 heterocycles. The molecule has 0 aliphatic heterocycles. The second-order valence-electron chi connectivity index (χ2n) is 15.9. The van der Waals surface area contributed by atoms with Gasteiger partial charge in [-0.25, -0.2) is 22.7 Å². The highest BCUT2D eigenvalue weighted by Crippen LogP contribution is 2.40. The first-order valence-corrected chi connectivity index (χ1v) is 22.2. The van der Waals surface area contributed by atoms with E-state index in [9.17, 15) is 37.8 Å². The Bertz CT molecular complexity index is 2650. The zero-order chi connectivity index (χ0) is 46.1. The number of hydrogen-bond acceptors (Lipinski definition) is 16. The van der Waals surface area contributed by atoms with Crippen molar-refractivity contribution in [1.82, 2.24) is 28.5 Å². The Kier molecular flexibility index (Phi) is 17.3. The lowest BCUT2D eigenvalue weighted by Crippen LogP contribution is -2.36. The number of hydrogen-bond donors (Lipinski definition) is 4. The highest BCUT2D eigenvalue weighted by Gasteiger charge is 2.25. The van der Waals surface area contributed by atoms with Crippen LogP contribution in [0.15, 0.2) is 85.8 Å². The molecule has 0 saturated heterocycles. The number of sulfonamides is 1. The van der Waals surface area contributed by atoms with Gasteiger partial charge in [0.25, 0.3) is 11.1 Å². The predicted molar refractivity (Wildman–Crippen MR) is 235 cm³/mol. The molecule has 2 aromatic heterocycles. The van der Waals surface area contributed by atoms with Crippen LogP contribution in [0.1, 0.15) is 80.1 Å². The number of nitrogens with zero attached hydrogens (tertiary/aromatic N) is 8. The highest BCUT2D eigenvalue weighted by molar-refractivity contribution is 7.94. The fourth-order valence-electron chi connectivity index (χ4n) is 6.17. The maximum Gasteiger partial charge on any atom is 0.333 e. The van der Waals surface area contributed by atoms with Crippen molar-refractivity contribution in [3.63, 3.8) is 0 Å². The van der Waals surface area contributed by atoms with Crippen LogP contribution >= 0.6 is 12.0 Å². The monoisotopic (exact) mass is 900 g/mol. The van der Waals surface area contributed by atoms with Gasteiger partial charge in [-0.05, 0) is 68.4 Å². The quantitative estimate of drug-likeness (QED) is 0.0228. The molecule has 0 fully saturated rings. The van der Waals surface area contributed by atoms with Gasteiger partial charge < -0.3 is 10.2 Å². The first kappa shape index (κ1) is 49.4. The molecule has 0 radical (unpaired) electrons. The molecule has 0 saturated carbocycles. The van der Waals surface area contributed by atoms with E-state index >= 15 is 0 Å². The molecule has 4 rings (SSSR count). The Balaban J connectivity index is 1.84. The fraction of sp³-hybridized carbons (Fsp3) is 0.500. The van der Waals surface area contributed by atoms with Gasteiger partial charge in [0.05, 0.1) is 28.3 Å². The lowest BCUT2D eigenvalue weighted by Gasteiger charge is -2.18. The summed E-state index contributed by atoms with van der Waals surface area (Å²) in [4.78, 5) is 55.6. The van der Waals surface area contributed by atoms with Crippen molar-refractivity contribution in [3.05, 3.63) is 78.1 Å². The van der Waals surface area contributed by atoms with Crippen LogP contribution in [0.25, 0.3) is 11.1 Å². The Morgan fingerprint density at radius 2 is 1.11 bits per heavy atom. The number of aromatic nitrogens is 4. The molecule has 20 nitrogen and oxygen atoms in total. The number of nitrogens with one attached hydrogen (secondary N) is 2. The average Bonchev–Trinajstić information content (AvgIpc) is 3.21. The van der Waals surface area contributed by atoms with Crippen LogP contribution in [-0.2, 0) is 47.5 Å². The predicted octanol–water partition coefficient (Wildman–Crippen LogP) is 6.56. The summed E-state index contributed by atoms with van der Waals surface area (Å²) in [6.45, 7) is 12.2. The van der Waals surface area contributed by atoms with Gasteiger partial charge in [-0.3, -0.25) is 27.9 Å². The molecule has 62 heavy (non-hydrogen) atoms. The third-order valence-corrected chi connectivity index (χ3v) is 12.1. The van der Waals surface area contributed by atoms with Gasteiger partial charge >= 0.3 is 11.4 Å². The molecule has 0 aliphatic carbocycles. The van der Waals surface area contributed by atoms with Crippen LogP contribution < -0.4 is 32.7 Å². The van der Waals surface area contributed by atoms with E-state index in [1.54, 1.807) is 13.0 Å². The van der Waals surface area contributed by atoms with Gasteiger partial charge in [0, 0.05) is 50.7 Å². The standard InChI is InChI=1S/C40H56N10O10S2/c1-23(2)13-11-15-25(5)45-59-60-61-31-21-27(41-43-33-35(51)47(7)39(55)48(8)36(33)52)17-19-29(31)30-20-18-28(42-44-34-37(53)49(9)40(56)50(10)38(34)54)22-32(30)62(57,58)46-26(6)16-12-14-24(3)4/h17-26,45-46,51,53H,11-16H2,1-10H3. The number of benzene rings is 2. The number of hydroxylamine groups is 1. The number of rotatable bonds is 21. The second kappa shape index (κ2) is 21.7. The summed E-state index contributed by atoms with van der Waals surface area (Å²) in [5.41, 5.74) is -0.874. The van der Waals surface area contributed by atoms with Crippen molar-refractivity contribution >= 4 is 44.8 Å². The summed E-state index contributed by atoms with van der Waals surface area (Å²) in [6, 6.07) is 8.18. The molecule has 2 aromatic carbocycles. The first-order chi connectivity index (χ1) is 29.1. The first-order valence-electron chi connectivity index (χ1n) is 20.0. The van der Waals surface area contributed by atoms with Crippen LogP contribution in [-0.4, -0.2) is 49.0 Å². The Morgan fingerprint density at radius 1 is 0.645 bits per heavy atom. The minimum Gasteiger partial charge on any atom is -0.493 e.